The lowest BCUT2D eigenvalue weighted by atomic mass is 10.0. The van der Waals surface area contributed by atoms with E-state index in [4.69, 9.17) is 16.3 Å². The van der Waals surface area contributed by atoms with E-state index in [1.54, 1.807) is 17.9 Å². The van der Waals surface area contributed by atoms with Gasteiger partial charge in [0.15, 0.2) is 0 Å². The van der Waals surface area contributed by atoms with Gasteiger partial charge in [-0.15, -0.1) is 11.3 Å². The highest BCUT2D eigenvalue weighted by Crippen LogP contribution is 2.41. The summed E-state index contributed by atoms with van der Waals surface area (Å²) in [4.78, 5) is 27.4. The molecule has 2 aromatic rings. The van der Waals surface area contributed by atoms with E-state index in [1.807, 2.05) is 18.2 Å². The first kappa shape index (κ1) is 17.2. The molecule has 0 radical (unpaired) electrons. The summed E-state index contributed by atoms with van der Waals surface area (Å²) in [6.07, 6.45) is 0.0189. The van der Waals surface area contributed by atoms with Crippen LogP contribution >= 0.6 is 22.9 Å². The van der Waals surface area contributed by atoms with E-state index in [0.29, 0.717) is 36.7 Å². The maximum atomic E-state index is 12.7. The Morgan fingerprint density at radius 2 is 2.27 bits per heavy atom. The van der Waals surface area contributed by atoms with Crippen LogP contribution in [0.4, 0.5) is 9.80 Å². The van der Waals surface area contributed by atoms with Gasteiger partial charge < -0.3 is 20.3 Å². The smallest absolute Gasteiger partial charge is 0.410 e. The number of ether oxygens (including phenoxy) is 1. The van der Waals surface area contributed by atoms with Gasteiger partial charge in [0.05, 0.1) is 18.7 Å². The number of benzene rings is 1. The number of rotatable bonds is 2. The normalized spacial score (nSPS) is 18.5. The fraction of sp³-hybridized carbons (Fsp3) is 0.333. The molecule has 6 nitrogen and oxygen atoms in total. The number of anilines is 1. The molecule has 2 aliphatic rings. The summed E-state index contributed by atoms with van der Waals surface area (Å²) in [6, 6.07) is 7.41. The number of thiophene rings is 1. The number of carbonyl (C=O) groups excluding carboxylic acids is 2. The standard InChI is InChI=1S/C18H18ClN3O3S/c1-2-25-18(24)22-7-6-12-13(9-22)26-17-14(12)16(23)20-15(21-17)10-4-3-5-11(19)8-10/h3-5,8,15,21H,2,6-7,9H2,1H3,(H,20,23)/t15-/m0/s1. The Balaban J connectivity index is 1.61. The molecule has 0 aliphatic carbocycles. The lowest BCUT2D eigenvalue weighted by molar-refractivity contribution is 0.0934. The van der Waals surface area contributed by atoms with Crippen molar-refractivity contribution in [1.82, 2.24) is 10.2 Å². The van der Waals surface area contributed by atoms with Crippen LogP contribution in [-0.4, -0.2) is 30.1 Å². The van der Waals surface area contributed by atoms with Gasteiger partial charge in [0, 0.05) is 16.4 Å². The lowest BCUT2D eigenvalue weighted by Gasteiger charge is -2.28. The Hall–Kier alpha value is -2.25. The largest absolute Gasteiger partial charge is 0.450 e. The predicted molar refractivity (Wildman–Crippen MR) is 101 cm³/mol. The molecule has 2 amide bonds. The highest BCUT2D eigenvalue weighted by atomic mass is 35.5. The number of fused-ring (bicyclic) bond motifs is 3. The Bertz CT molecular complexity index is 883. The summed E-state index contributed by atoms with van der Waals surface area (Å²) in [5.41, 5.74) is 2.63. The second kappa shape index (κ2) is 6.81. The molecule has 8 heteroatoms. The van der Waals surface area contributed by atoms with Crippen LogP contribution in [0.25, 0.3) is 0 Å². The van der Waals surface area contributed by atoms with Gasteiger partial charge >= 0.3 is 6.09 Å². The Kier molecular flexibility index (Phi) is 4.50. The van der Waals surface area contributed by atoms with Crippen LogP contribution in [0.2, 0.25) is 5.02 Å². The van der Waals surface area contributed by atoms with Crippen molar-refractivity contribution in [2.24, 2.45) is 0 Å². The first-order valence-corrected chi connectivity index (χ1v) is 9.65. The molecule has 136 valence electrons. The molecule has 0 bridgehead atoms. The minimum Gasteiger partial charge on any atom is -0.450 e. The van der Waals surface area contributed by atoms with Crippen LogP contribution in [0.1, 0.15) is 39.5 Å². The average Bonchev–Trinajstić information content (AvgIpc) is 2.99. The Labute approximate surface area is 160 Å². The Morgan fingerprint density at radius 3 is 3.04 bits per heavy atom. The van der Waals surface area contributed by atoms with E-state index in [9.17, 15) is 9.59 Å². The quantitative estimate of drug-likeness (QED) is 0.817. The van der Waals surface area contributed by atoms with Gasteiger partial charge in [-0.25, -0.2) is 4.79 Å². The van der Waals surface area contributed by atoms with Gasteiger partial charge in [-0.2, -0.15) is 0 Å². The zero-order chi connectivity index (χ0) is 18.3. The number of nitrogens with one attached hydrogen (secondary N) is 2. The second-order valence-corrected chi connectivity index (χ2v) is 7.73. The topological polar surface area (TPSA) is 70.7 Å². The van der Waals surface area contributed by atoms with Crippen LogP contribution in [0.5, 0.6) is 0 Å². The molecule has 0 spiro atoms. The predicted octanol–water partition coefficient (Wildman–Crippen LogP) is 3.77. The molecule has 1 atom stereocenters. The van der Waals surface area contributed by atoms with E-state index in [2.05, 4.69) is 10.6 Å². The van der Waals surface area contributed by atoms with Crippen LogP contribution in [0, 0.1) is 0 Å². The van der Waals surface area contributed by atoms with Crippen LogP contribution in [0.15, 0.2) is 24.3 Å². The van der Waals surface area contributed by atoms with Gasteiger partial charge in [0.25, 0.3) is 5.91 Å². The highest BCUT2D eigenvalue weighted by Gasteiger charge is 2.34. The van der Waals surface area contributed by atoms with Crippen molar-refractivity contribution in [3.8, 4) is 0 Å². The van der Waals surface area contributed by atoms with E-state index in [0.717, 1.165) is 21.0 Å². The first-order chi connectivity index (χ1) is 12.6. The number of amides is 2. The van der Waals surface area contributed by atoms with Crippen molar-refractivity contribution < 1.29 is 14.3 Å². The van der Waals surface area contributed by atoms with E-state index in [-0.39, 0.29) is 18.2 Å². The zero-order valence-electron chi connectivity index (χ0n) is 14.2. The van der Waals surface area contributed by atoms with Gasteiger partial charge in [0.1, 0.15) is 11.2 Å². The van der Waals surface area contributed by atoms with Crippen molar-refractivity contribution in [3.05, 3.63) is 50.9 Å². The maximum absolute atomic E-state index is 12.7. The molecule has 0 saturated heterocycles. The monoisotopic (exact) mass is 391 g/mol. The highest BCUT2D eigenvalue weighted by molar-refractivity contribution is 7.16. The Morgan fingerprint density at radius 1 is 1.42 bits per heavy atom. The zero-order valence-corrected chi connectivity index (χ0v) is 15.7. The fourth-order valence-electron chi connectivity index (χ4n) is 3.34. The lowest BCUT2D eigenvalue weighted by Crippen LogP contribution is -2.39. The van der Waals surface area contributed by atoms with E-state index >= 15 is 0 Å². The third-order valence-electron chi connectivity index (χ3n) is 4.54. The summed E-state index contributed by atoms with van der Waals surface area (Å²) < 4.78 is 5.09. The van der Waals surface area contributed by atoms with Gasteiger partial charge in [-0.1, -0.05) is 23.7 Å². The summed E-state index contributed by atoms with van der Waals surface area (Å²) in [5, 5.41) is 7.86. The molecule has 0 fully saturated rings. The molecule has 1 aromatic heterocycles. The van der Waals surface area contributed by atoms with Crippen molar-refractivity contribution in [2.75, 3.05) is 18.5 Å². The molecular weight excluding hydrogens is 374 g/mol. The van der Waals surface area contributed by atoms with Crippen molar-refractivity contribution in [1.29, 1.82) is 0 Å². The maximum Gasteiger partial charge on any atom is 0.410 e. The molecule has 4 rings (SSSR count). The number of hydrogen-bond donors (Lipinski definition) is 2. The van der Waals surface area contributed by atoms with Crippen LogP contribution < -0.4 is 10.6 Å². The van der Waals surface area contributed by atoms with Crippen molar-refractivity contribution >= 4 is 39.9 Å². The summed E-state index contributed by atoms with van der Waals surface area (Å²) in [5.74, 6) is -0.0918. The van der Waals surface area contributed by atoms with Gasteiger partial charge in [-0.05, 0) is 36.6 Å². The second-order valence-electron chi connectivity index (χ2n) is 6.18. The average molecular weight is 392 g/mol. The third-order valence-corrected chi connectivity index (χ3v) is 5.93. The molecular formula is C18H18ClN3O3S. The molecule has 0 saturated carbocycles. The molecule has 3 heterocycles. The van der Waals surface area contributed by atoms with Crippen molar-refractivity contribution in [2.45, 2.75) is 26.1 Å². The molecule has 2 aliphatic heterocycles. The number of hydrogen-bond acceptors (Lipinski definition) is 5. The van der Waals surface area contributed by atoms with Crippen LogP contribution in [-0.2, 0) is 17.7 Å². The third kappa shape index (κ3) is 3.01. The van der Waals surface area contributed by atoms with E-state index in [1.165, 1.54) is 11.3 Å². The summed E-state index contributed by atoms with van der Waals surface area (Å²) in [6.45, 7) is 3.18. The molecule has 2 N–H and O–H groups in total. The minimum absolute atomic E-state index is 0.0918. The van der Waals surface area contributed by atoms with Gasteiger partial charge in [-0.3, -0.25) is 4.79 Å². The number of nitrogens with zero attached hydrogens (tertiary/aromatic N) is 1. The minimum atomic E-state index is -0.324. The molecule has 0 unspecified atom stereocenters. The van der Waals surface area contributed by atoms with Crippen LogP contribution in [0.3, 0.4) is 0 Å². The SMILES string of the molecule is CCOC(=O)N1CCc2c(sc3c2C(=O)N[C@H](c2cccc(Cl)c2)N3)C1. The molecule has 26 heavy (non-hydrogen) atoms. The number of halogens is 1. The first-order valence-electron chi connectivity index (χ1n) is 8.46. The van der Waals surface area contributed by atoms with Gasteiger partial charge in [0.2, 0.25) is 0 Å². The number of carbonyl (C=O) groups is 2. The summed E-state index contributed by atoms with van der Waals surface area (Å²) in [7, 11) is 0. The molecule has 1 aromatic carbocycles. The van der Waals surface area contributed by atoms with E-state index < -0.39 is 0 Å². The summed E-state index contributed by atoms with van der Waals surface area (Å²) >= 11 is 7.60. The fourth-order valence-corrected chi connectivity index (χ4v) is 4.83. The van der Waals surface area contributed by atoms with Crippen molar-refractivity contribution in [3.63, 3.8) is 0 Å².